The summed E-state index contributed by atoms with van der Waals surface area (Å²) in [6.07, 6.45) is 11.6. The summed E-state index contributed by atoms with van der Waals surface area (Å²) in [7, 11) is 0. The predicted molar refractivity (Wildman–Crippen MR) is 174 cm³/mol. The molecule has 0 saturated heterocycles. The first-order valence-corrected chi connectivity index (χ1v) is 14.4. The second kappa shape index (κ2) is 10.2. The van der Waals surface area contributed by atoms with E-state index in [4.69, 9.17) is 9.97 Å². The number of hydrogen-bond acceptors (Lipinski definition) is 4. The Hall–Kier alpha value is -5.48. The highest BCUT2D eigenvalue weighted by atomic mass is 15.2. The van der Waals surface area contributed by atoms with E-state index < -0.39 is 0 Å². The Labute approximate surface area is 245 Å². The largest absolute Gasteiger partial charge is 0.315 e. The summed E-state index contributed by atoms with van der Waals surface area (Å²) >= 11 is 0. The average Bonchev–Trinajstić information content (AvgIpc) is 3.07. The number of hydrogen-bond donors (Lipinski definition) is 0. The van der Waals surface area contributed by atoms with Crippen LogP contribution in [0, 0.1) is 0 Å². The van der Waals surface area contributed by atoms with E-state index >= 15 is 0 Å². The van der Waals surface area contributed by atoms with Crippen molar-refractivity contribution in [2.75, 3.05) is 9.80 Å². The standard InChI is InChI=1S/C38H28N4/c1-3-11-29(12-4-1)41(35-15-7-9-25-39-35)33-23-19-27-18-22-32-34(24-20-28-17-21-31(33)37(27)38(28)32)42(30-13-5-2-6-14-30)36-16-8-10-26-40-36/h1-17,19-26,34H,18H2. The molecule has 2 aromatic heterocycles. The number of allylic oxidation sites excluding steroid dienone is 1. The lowest BCUT2D eigenvalue weighted by Gasteiger charge is -2.37. The molecule has 6 aromatic rings. The quantitative estimate of drug-likeness (QED) is 0.211. The van der Waals surface area contributed by atoms with Crippen molar-refractivity contribution in [2.45, 2.75) is 12.5 Å². The van der Waals surface area contributed by atoms with Gasteiger partial charge >= 0.3 is 0 Å². The minimum Gasteiger partial charge on any atom is -0.315 e. The van der Waals surface area contributed by atoms with Crippen LogP contribution in [0.3, 0.4) is 0 Å². The number of benzene rings is 4. The molecule has 0 radical (unpaired) electrons. The zero-order chi connectivity index (χ0) is 27.9. The van der Waals surface area contributed by atoms with Gasteiger partial charge in [0.1, 0.15) is 11.6 Å². The van der Waals surface area contributed by atoms with E-state index in [0.717, 1.165) is 35.1 Å². The SMILES string of the molecule is C1=CC(N(c2ccccc2)c2ccccn2)C2=CCc3ccc(N(c4ccccc4)c4ccccn4)c4ccc1c2c34. The van der Waals surface area contributed by atoms with Gasteiger partial charge in [-0.05, 0) is 88.7 Å². The molecule has 200 valence electrons. The molecule has 0 aliphatic heterocycles. The van der Waals surface area contributed by atoms with Gasteiger partial charge in [0, 0.05) is 29.2 Å². The van der Waals surface area contributed by atoms with Crippen LogP contribution in [0.2, 0.25) is 0 Å². The molecule has 4 aromatic carbocycles. The summed E-state index contributed by atoms with van der Waals surface area (Å²) in [6, 6.07) is 42.4. The van der Waals surface area contributed by atoms with Gasteiger partial charge in [-0.1, -0.05) is 85.0 Å². The zero-order valence-electron chi connectivity index (χ0n) is 23.0. The summed E-state index contributed by atoms with van der Waals surface area (Å²) in [4.78, 5) is 14.2. The average molecular weight is 541 g/mol. The fourth-order valence-corrected chi connectivity index (χ4v) is 6.43. The molecule has 2 aliphatic carbocycles. The number of aromatic nitrogens is 2. The highest BCUT2D eigenvalue weighted by molar-refractivity contribution is 6.10. The molecule has 4 heteroatoms. The molecule has 1 unspecified atom stereocenters. The summed E-state index contributed by atoms with van der Waals surface area (Å²) in [5.74, 6) is 1.83. The molecular weight excluding hydrogens is 512 g/mol. The van der Waals surface area contributed by atoms with Gasteiger partial charge in [-0.15, -0.1) is 0 Å². The summed E-state index contributed by atoms with van der Waals surface area (Å²) in [5, 5.41) is 2.55. The van der Waals surface area contributed by atoms with Gasteiger partial charge in [0.15, 0.2) is 0 Å². The molecule has 0 amide bonds. The lowest BCUT2D eigenvalue weighted by Crippen LogP contribution is -2.33. The van der Waals surface area contributed by atoms with Crippen molar-refractivity contribution in [2.24, 2.45) is 0 Å². The molecule has 0 fully saturated rings. The summed E-state index contributed by atoms with van der Waals surface area (Å²) < 4.78 is 0. The molecule has 0 spiro atoms. The van der Waals surface area contributed by atoms with Crippen LogP contribution in [-0.4, -0.2) is 16.0 Å². The molecule has 0 bridgehead atoms. The topological polar surface area (TPSA) is 32.3 Å². The molecule has 1 atom stereocenters. The normalized spacial score (nSPS) is 14.9. The van der Waals surface area contributed by atoms with Crippen LogP contribution < -0.4 is 9.80 Å². The Balaban J connectivity index is 1.33. The third kappa shape index (κ3) is 4.00. The van der Waals surface area contributed by atoms with Crippen LogP contribution in [0.1, 0.15) is 16.7 Å². The number of para-hydroxylation sites is 2. The van der Waals surface area contributed by atoms with Gasteiger partial charge in [-0.25, -0.2) is 9.97 Å². The predicted octanol–water partition coefficient (Wildman–Crippen LogP) is 9.27. The maximum atomic E-state index is 4.79. The molecule has 2 aliphatic rings. The first-order chi connectivity index (χ1) is 20.9. The molecule has 2 heterocycles. The van der Waals surface area contributed by atoms with Crippen LogP contribution >= 0.6 is 0 Å². The van der Waals surface area contributed by atoms with Gasteiger partial charge in [0.25, 0.3) is 0 Å². The van der Waals surface area contributed by atoms with Crippen molar-refractivity contribution in [3.05, 3.63) is 163 Å². The maximum Gasteiger partial charge on any atom is 0.137 e. The van der Waals surface area contributed by atoms with E-state index in [0.29, 0.717) is 0 Å². The number of pyridine rings is 2. The third-order valence-electron chi connectivity index (χ3n) is 8.23. The number of rotatable bonds is 6. The highest BCUT2D eigenvalue weighted by Crippen LogP contribution is 2.47. The number of anilines is 5. The van der Waals surface area contributed by atoms with Crippen molar-refractivity contribution in [3.8, 4) is 0 Å². The van der Waals surface area contributed by atoms with Gasteiger partial charge in [0.2, 0.25) is 0 Å². The van der Waals surface area contributed by atoms with Gasteiger partial charge in [-0.2, -0.15) is 0 Å². The van der Waals surface area contributed by atoms with Crippen molar-refractivity contribution in [1.29, 1.82) is 0 Å². The third-order valence-corrected chi connectivity index (χ3v) is 8.23. The minimum absolute atomic E-state index is 0.0122. The maximum absolute atomic E-state index is 4.79. The Bertz CT molecular complexity index is 1870. The summed E-state index contributed by atoms with van der Waals surface area (Å²) in [6.45, 7) is 0. The molecule has 0 saturated carbocycles. The molecule has 8 rings (SSSR count). The van der Waals surface area contributed by atoms with E-state index in [1.807, 2.05) is 30.6 Å². The van der Waals surface area contributed by atoms with Crippen LogP contribution in [0.25, 0.3) is 22.4 Å². The van der Waals surface area contributed by atoms with Crippen molar-refractivity contribution in [3.63, 3.8) is 0 Å². The molecular formula is C38H28N4. The monoisotopic (exact) mass is 540 g/mol. The Morgan fingerprint density at radius 1 is 0.619 bits per heavy atom. The van der Waals surface area contributed by atoms with E-state index in [1.54, 1.807) is 0 Å². The lowest BCUT2D eigenvalue weighted by atomic mass is 9.78. The molecule has 42 heavy (non-hydrogen) atoms. The Kier molecular flexibility index (Phi) is 5.89. The highest BCUT2D eigenvalue weighted by Gasteiger charge is 2.32. The Morgan fingerprint density at radius 2 is 1.31 bits per heavy atom. The second-order valence-corrected chi connectivity index (χ2v) is 10.6. The van der Waals surface area contributed by atoms with E-state index in [2.05, 4.69) is 131 Å². The fourth-order valence-electron chi connectivity index (χ4n) is 6.43. The van der Waals surface area contributed by atoms with E-state index in [9.17, 15) is 0 Å². The fraction of sp³-hybridized carbons (Fsp3) is 0.0526. The van der Waals surface area contributed by atoms with Gasteiger partial charge in [0.05, 0.1) is 11.7 Å². The first-order valence-electron chi connectivity index (χ1n) is 14.4. The minimum atomic E-state index is 0.0122. The van der Waals surface area contributed by atoms with Crippen LogP contribution in [0.5, 0.6) is 0 Å². The van der Waals surface area contributed by atoms with E-state index in [-0.39, 0.29) is 6.04 Å². The second-order valence-electron chi connectivity index (χ2n) is 10.6. The van der Waals surface area contributed by atoms with Crippen LogP contribution in [-0.2, 0) is 6.42 Å². The van der Waals surface area contributed by atoms with Crippen molar-refractivity contribution in [1.82, 2.24) is 9.97 Å². The zero-order valence-corrected chi connectivity index (χ0v) is 23.0. The van der Waals surface area contributed by atoms with Crippen molar-refractivity contribution >= 4 is 51.1 Å². The smallest absolute Gasteiger partial charge is 0.137 e. The van der Waals surface area contributed by atoms with Gasteiger partial charge in [-0.3, -0.25) is 4.90 Å². The van der Waals surface area contributed by atoms with Gasteiger partial charge < -0.3 is 4.90 Å². The Morgan fingerprint density at radius 3 is 2.02 bits per heavy atom. The van der Waals surface area contributed by atoms with Crippen molar-refractivity contribution < 1.29 is 0 Å². The molecule has 4 nitrogen and oxygen atoms in total. The van der Waals surface area contributed by atoms with Crippen LogP contribution in [0.15, 0.2) is 146 Å². The molecule has 0 N–H and O–H groups in total. The summed E-state index contributed by atoms with van der Waals surface area (Å²) in [5.41, 5.74) is 8.56. The number of nitrogens with zero attached hydrogens (tertiary/aromatic N) is 4. The van der Waals surface area contributed by atoms with E-state index in [1.165, 1.54) is 33.0 Å². The first kappa shape index (κ1) is 24.3. The lowest BCUT2D eigenvalue weighted by molar-refractivity contribution is 0.926. The van der Waals surface area contributed by atoms with Crippen LogP contribution in [0.4, 0.5) is 28.7 Å².